The molecular formula is C59H50ClN7O13. The fraction of sp³-hybridized carbons (Fsp3) is 0.136. The van der Waals surface area contributed by atoms with Gasteiger partial charge in [0.1, 0.15) is 0 Å². The number of ether oxygens (including phenoxy) is 1. The number of anilines is 6. The van der Waals surface area contributed by atoms with Crippen LogP contribution in [0.15, 0.2) is 188 Å². The van der Waals surface area contributed by atoms with Crippen LogP contribution in [-0.4, -0.2) is 54.2 Å². The van der Waals surface area contributed by atoms with Crippen molar-refractivity contribution in [2.45, 2.75) is 52.0 Å². The quantitative estimate of drug-likeness (QED) is 0.0768. The molecule has 0 aliphatic heterocycles. The highest BCUT2D eigenvalue weighted by atomic mass is 35.5. The number of aryl methyl sites for hydroxylation is 2. The number of carbonyl (C=O) groups excluding carboxylic acids is 7. The maximum atomic E-state index is 15.2. The van der Waals surface area contributed by atoms with Gasteiger partial charge in [-0.15, -0.1) is 5.06 Å². The number of carbonyl (C=O) groups is 7. The van der Waals surface area contributed by atoms with Gasteiger partial charge in [-0.2, -0.15) is 5.01 Å². The molecule has 406 valence electrons. The Kier molecular flexibility index (Phi) is 17.3. The zero-order chi connectivity index (χ0) is 56.1. The fourth-order valence-electron chi connectivity index (χ4n) is 8.69. The Morgan fingerprint density at radius 1 is 0.500 bits per heavy atom. The highest BCUT2D eigenvalue weighted by Crippen LogP contribution is 2.34. The summed E-state index contributed by atoms with van der Waals surface area (Å²) in [6.45, 7) is 3.54. The van der Waals surface area contributed by atoms with Crippen molar-refractivity contribution in [3.05, 3.63) is 204 Å². The number of hydrogen-bond acceptors (Lipinski definition) is 14. The Morgan fingerprint density at radius 3 is 1.70 bits per heavy atom. The maximum Gasteiger partial charge on any atom is 0.473 e. The number of rotatable bonds is 10. The summed E-state index contributed by atoms with van der Waals surface area (Å²) in [5.74, 6) is 0. The third-order valence-corrected chi connectivity index (χ3v) is 12.8. The lowest BCUT2D eigenvalue weighted by molar-refractivity contribution is -0.191. The number of benzene rings is 8. The summed E-state index contributed by atoms with van der Waals surface area (Å²) in [5.41, 5.74) is 1.16. The van der Waals surface area contributed by atoms with Gasteiger partial charge in [-0.25, -0.2) is 28.8 Å². The highest BCUT2D eigenvalue weighted by Gasteiger charge is 2.40. The van der Waals surface area contributed by atoms with E-state index in [2.05, 4.69) is 5.32 Å². The second-order valence-electron chi connectivity index (χ2n) is 18.0. The first kappa shape index (κ1) is 54.6. The molecule has 0 saturated heterocycles. The predicted octanol–water partition coefficient (Wildman–Crippen LogP) is 14.3. The van der Waals surface area contributed by atoms with E-state index in [1.165, 1.54) is 54.6 Å². The van der Waals surface area contributed by atoms with Crippen LogP contribution in [0.2, 0.25) is 5.02 Å². The molecule has 6 amide bonds. The molecule has 8 aromatic rings. The molecule has 9 rings (SSSR count). The normalized spacial score (nSPS) is 12.1. The molecule has 0 unspecified atom stereocenters. The molecule has 1 N–H and O–H groups in total. The third-order valence-electron chi connectivity index (χ3n) is 12.6. The van der Waals surface area contributed by atoms with Crippen LogP contribution in [0.25, 0.3) is 21.5 Å². The molecule has 80 heavy (non-hydrogen) atoms. The van der Waals surface area contributed by atoms with Crippen LogP contribution in [0, 0.1) is 13.8 Å². The number of nitrogens with zero attached hydrogens (tertiary/aromatic N) is 6. The van der Waals surface area contributed by atoms with Crippen LogP contribution < -0.4 is 30.6 Å². The fourth-order valence-corrected chi connectivity index (χ4v) is 8.82. The Morgan fingerprint density at radius 2 is 1.02 bits per heavy atom. The van der Waals surface area contributed by atoms with Crippen molar-refractivity contribution in [3.63, 3.8) is 0 Å². The van der Waals surface area contributed by atoms with Crippen LogP contribution in [0.1, 0.15) is 43.2 Å². The average Bonchev–Trinajstić information content (AvgIpc) is 3.47. The molecule has 1 aliphatic rings. The summed E-state index contributed by atoms with van der Waals surface area (Å²) in [5, 5.41) is 8.91. The van der Waals surface area contributed by atoms with Crippen molar-refractivity contribution in [1.82, 2.24) is 5.17 Å². The number of para-hydroxylation sites is 2. The molecule has 20 nitrogen and oxygen atoms in total. The van der Waals surface area contributed by atoms with Crippen molar-refractivity contribution in [1.29, 1.82) is 0 Å². The minimum Gasteiger partial charge on any atom is -0.357 e. The van der Waals surface area contributed by atoms with Gasteiger partial charge in [0, 0.05) is 16.1 Å². The summed E-state index contributed by atoms with van der Waals surface area (Å²) >= 11 is 6.30. The number of halogens is 1. The zero-order valence-electron chi connectivity index (χ0n) is 43.0. The summed E-state index contributed by atoms with van der Waals surface area (Å²) in [6.07, 6.45) is -5.10. The van der Waals surface area contributed by atoms with E-state index in [4.69, 9.17) is 40.5 Å². The monoisotopic (exact) mass is 1100 g/mol. The van der Waals surface area contributed by atoms with Gasteiger partial charge in [0.05, 0.1) is 34.5 Å². The van der Waals surface area contributed by atoms with Gasteiger partial charge in [-0.1, -0.05) is 167 Å². The molecule has 21 heteroatoms. The lowest BCUT2D eigenvalue weighted by Gasteiger charge is -2.38. The molecule has 8 aromatic carbocycles. The van der Waals surface area contributed by atoms with Gasteiger partial charge >= 0.3 is 43.0 Å². The number of hydroxylamine groups is 5. The van der Waals surface area contributed by atoms with Crippen molar-refractivity contribution >= 4 is 110 Å². The van der Waals surface area contributed by atoms with Gasteiger partial charge < -0.3 is 28.9 Å². The summed E-state index contributed by atoms with van der Waals surface area (Å²) in [6, 6.07) is 49.2. The maximum absolute atomic E-state index is 15.2. The van der Waals surface area contributed by atoms with E-state index in [9.17, 15) is 24.0 Å². The van der Waals surface area contributed by atoms with E-state index in [-0.39, 0.29) is 39.9 Å². The summed E-state index contributed by atoms with van der Waals surface area (Å²) in [7, 11) is 0. The molecular weight excluding hydrogens is 1050 g/mol. The molecule has 0 aromatic heterocycles. The van der Waals surface area contributed by atoms with Crippen molar-refractivity contribution in [3.8, 4) is 0 Å². The number of hydrogen-bond donors (Lipinski definition) is 1. The second kappa shape index (κ2) is 25.3. The van der Waals surface area contributed by atoms with Crippen molar-refractivity contribution in [2.24, 2.45) is 0 Å². The first-order valence-corrected chi connectivity index (χ1v) is 25.4. The molecule has 0 bridgehead atoms. The minimum absolute atomic E-state index is 0.0460. The van der Waals surface area contributed by atoms with Crippen molar-refractivity contribution in [2.75, 3.05) is 30.6 Å². The van der Waals surface area contributed by atoms with E-state index in [0.29, 0.717) is 55.1 Å². The minimum atomic E-state index is -1.59. The van der Waals surface area contributed by atoms with Crippen LogP contribution in [0.3, 0.4) is 0 Å². The van der Waals surface area contributed by atoms with E-state index in [1.807, 2.05) is 24.3 Å². The molecule has 0 heterocycles. The van der Waals surface area contributed by atoms with E-state index in [1.54, 1.807) is 123 Å². The Hall–Kier alpha value is -10.2. The topological polar surface area (TPSA) is 206 Å². The van der Waals surface area contributed by atoms with Crippen LogP contribution in [-0.2, 0) is 33.7 Å². The SMILES string of the molecule is Cc1ccc(N(OC(=O)N(OC(=O)N(OC(=O)N(c2ccc3ccccc3c2)N(OC=O)C2CCCCC2)c2cccc3ccccc23)c2ccc(Cl)cc2)C(=O)ON(C(=O)OC(=O)Nc2ccccc2)c2ccccc2C)cc1. The van der Waals surface area contributed by atoms with E-state index >= 15 is 9.59 Å². The molecule has 0 atom stereocenters. The molecule has 0 radical (unpaired) electrons. The van der Waals surface area contributed by atoms with Gasteiger partial charge in [-0.3, -0.25) is 10.1 Å². The first-order valence-electron chi connectivity index (χ1n) is 25.1. The van der Waals surface area contributed by atoms with Gasteiger partial charge in [-0.05, 0) is 126 Å². The number of nitrogens with one attached hydrogen (secondary N) is 1. The van der Waals surface area contributed by atoms with Crippen LogP contribution >= 0.6 is 11.6 Å². The largest absolute Gasteiger partial charge is 0.473 e. The number of hydrazine groups is 1. The van der Waals surface area contributed by atoms with Gasteiger partial charge in [0.15, 0.2) is 0 Å². The van der Waals surface area contributed by atoms with Crippen molar-refractivity contribution < 1.29 is 62.5 Å². The molecule has 1 aliphatic carbocycles. The molecule has 1 fully saturated rings. The van der Waals surface area contributed by atoms with Gasteiger partial charge in [0.2, 0.25) is 0 Å². The first-order chi connectivity index (χ1) is 38.8. The Balaban J connectivity index is 1.07. The van der Waals surface area contributed by atoms with Crippen LogP contribution in [0.5, 0.6) is 0 Å². The van der Waals surface area contributed by atoms with E-state index in [0.717, 1.165) is 45.8 Å². The van der Waals surface area contributed by atoms with E-state index < -0.39 is 42.6 Å². The standard InChI is InChI=1S/C59H50ClN7O13/c1-40-28-33-47(34-29-40)63(58(73)80-65(52-26-14-9-16-41(52)2)56(71)76-54(69)61-46-21-5-3-6-22-46)78-57(72)64(48-36-31-45(60)32-37-48)79-59(74)66(53-27-15-20-43-18-12-13-25-51(43)53)77-55(70)62(67(75-39-68)49-23-7-4-8-24-49)50-35-30-42-17-10-11-19-44(42)38-50/h3,5-6,9-22,25-39,49H,4,7-8,23-24H2,1-2H3,(H,61,69). The molecule has 0 spiro atoms. The molecule has 1 saturated carbocycles. The predicted molar refractivity (Wildman–Crippen MR) is 298 cm³/mol. The summed E-state index contributed by atoms with van der Waals surface area (Å²) < 4.78 is 5.07. The Bertz CT molecular complexity index is 3550. The third kappa shape index (κ3) is 13.0. The summed E-state index contributed by atoms with van der Waals surface area (Å²) in [4.78, 5) is 128. The smallest absolute Gasteiger partial charge is 0.357 e. The lowest BCUT2D eigenvalue weighted by Crippen LogP contribution is -2.54. The number of amides is 6. The highest BCUT2D eigenvalue weighted by molar-refractivity contribution is 6.30. The average molecular weight is 1100 g/mol. The lowest BCUT2D eigenvalue weighted by atomic mass is 9.96. The second-order valence-corrected chi connectivity index (χ2v) is 18.4. The van der Waals surface area contributed by atoms with Crippen LogP contribution in [0.4, 0.5) is 62.9 Å². The van der Waals surface area contributed by atoms with Gasteiger partial charge in [0.25, 0.3) is 0 Å². The Labute approximate surface area is 463 Å². The number of fused-ring (bicyclic) bond motifs is 2. The zero-order valence-corrected chi connectivity index (χ0v) is 43.7.